The molecule has 2 fully saturated rings. The van der Waals surface area contributed by atoms with Crippen molar-refractivity contribution in [2.45, 2.75) is 90.4 Å². The topological polar surface area (TPSA) is 26.3 Å². The van der Waals surface area contributed by atoms with Gasteiger partial charge in [0, 0.05) is 6.42 Å². The fourth-order valence-electron chi connectivity index (χ4n) is 5.29. The average Bonchev–Trinajstić information content (AvgIpc) is 2.69. The largest absolute Gasteiger partial charge is 0.427 e. The fraction of sp³-hybridized carbons (Fsp3) is 0.708. The summed E-state index contributed by atoms with van der Waals surface area (Å²) in [4.78, 5) is 11.4. The van der Waals surface area contributed by atoms with Crippen molar-refractivity contribution >= 4 is 5.97 Å². The Kier molecular flexibility index (Phi) is 7.16. The third-order valence-electron chi connectivity index (χ3n) is 6.90. The Bertz CT molecular complexity index is 546. The van der Waals surface area contributed by atoms with E-state index in [4.69, 9.17) is 4.74 Å². The second kappa shape index (κ2) is 9.58. The molecule has 0 saturated heterocycles. The number of hydrogen-bond donors (Lipinski definition) is 0. The van der Waals surface area contributed by atoms with Crippen molar-refractivity contribution in [3.63, 3.8) is 0 Å². The lowest BCUT2D eigenvalue weighted by molar-refractivity contribution is -0.134. The zero-order valence-corrected chi connectivity index (χ0v) is 16.7. The van der Waals surface area contributed by atoms with Gasteiger partial charge >= 0.3 is 5.97 Å². The molecule has 1 aromatic rings. The number of rotatable bonds is 6. The molecule has 0 bridgehead atoms. The van der Waals surface area contributed by atoms with E-state index in [1.54, 1.807) is 0 Å². The van der Waals surface area contributed by atoms with Crippen LogP contribution in [-0.4, -0.2) is 5.97 Å². The third kappa shape index (κ3) is 5.11. The second-order valence-electron chi connectivity index (χ2n) is 8.58. The Morgan fingerprint density at radius 2 is 1.46 bits per heavy atom. The van der Waals surface area contributed by atoms with Gasteiger partial charge in [0.2, 0.25) is 0 Å². The van der Waals surface area contributed by atoms with Crippen LogP contribution in [0.3, 0.4) is 0 Å². The van der Waals surface area contributed by atoms with Crippen LogP contribution in [0.2, 0.25) is 0 Å². The molecule has 2 nitrogen and oxygen atoms in total. The Hall–Kier alpha value is -1.31. The average molecular weight is 357 g/mol. The molecule has 2 aliphatic carbocycles. The number of esters is 1. The van der Waals surface area contributed by atoms with Crippen molar-refractivity contribution in [2.75, 3.05) is 0 Å². The lowest BCUT2D eigenvalue weighted by Crippen LogP contribution is -2.25. The van der Waals surface area contributed by atoms with Gasteiger partial charge in [-0.25, -0.2) is 0 Å². The summed E-state index contributed by atoms with van der Waals surface area (Å²) in [5, 5.41) is 0. The molecule has 2 saturated carbocycles. The molecule has 0 unspecified atom stereocenters. The highest BCUT2D eigenvalue weighted by Crippen LogP contribution is 2.44. The molecule has 1 aromatic carbocycles. The molecule has 2 aliphatic rings. The molecule has 0 aliphatic heterocycles. The monoisotopic (exact) mass is 356 g/mol. The molecule has 144 valence electrons. The highest BCUT2D eigenvalue weighted by atomic mass is 16.5. The van der Waals surface area contributed by atoms with Gasteiger partial charge in [-0.2, -0.15) is 0 Å². The van der Waals surface area contributed by atoms with Crippen LogP contribution >= 0.6 is 0 Å². The van der Waals surface area contributed by atoms with E-state index in [0.717, 1.165) is 17.8 Å². The van der Waals surface area contributed by atoms with Gasteiger partial charge in [0.15, 0.2) is 0 Å². The molecular formula is C24H36O2. The summed E-state index contributed by atoms with van der Waals surface area (Å²) in [6, 6.07) is 8.26. The molecule has 3 rings (SSSR count). The molecule has 0 aromatic heterocycles. The maximum absolute atomic E-state index is 11.4. The van der Waals surface area contributed by atoms with E-state index in [1.165, 1.54) is 69.8 Å². The van der Waals surface area contributed by atoms with Crippen LogP contribution in [0.1, 0.15) is 96.0 Å². The second-order valence-corrected chi connectivity index (χ2v) is 8.58. The maximum atomic E-state index is 11.4. The first kappa shape index (κ1) is 19.5. The minimum atomic E-state index is -0.160. The molecule has 0 radical (unpaired) electrons. The molecule has 0 atom stereocenters. The minimum Gasteiger partial charge on any atom is -0.427 e. The van der Waals surface area contributed by atoms with Crippen LogP contribution in [-0.2, 0) is 4.79 Å². The van der Waals surface area contributed by atoms with Crippen LogP contribution in [0.15, 0.2) is 24.3 Å². The summed E-state index contributed by atoms with van der Waals surface area (Å²) in [5.74, 6) is 4.20. The van der Waals surface area contributed by atoms with Crippen LogP contribution in [0.4, 0.5) is 0 Å². The van der Waals surface area contributed by atoms with Gasteiger partial charge in [0.25, 0.3) is 0 Å². The van der Waals surface area contributed by atoms with E-state index in [2.05, 4.69) is 19.1 Å². The Morgan fingerprint density at radius 3 is 2.00 bits per heavy atom. The summed E-state index contributed by atoms with van der Waals surface area (Å²) in [6.45, 7) is 4.15. The standard InChI is InChI=1S/C24H36O2/c1-3-5-18-6-8-19(9-7-18)20-10-12-21(13-11-20)22-14-16-23(17-15-22)26-24(25)4-2/h14-21H,3-13H2,1-2H3/t18-,19-,20-,21-. The van der Waals surface area contributed by atoms with E-state index >= 15 is 0 Å². The van der Waals surface area contributed by atoms with Crippen molar-refractivity contribution in [3.05, 3.63) is 29.8 Å². The lowest BCUT2D eigenvalue weighted by atomic mass is 9.68. The van der Waals surface area contributed by atoms with Crippen molar-refractivity contribution in [1.29, 1.82) is 0 Å². The summed E-state index contributed by atoms with van der Waals surface area (Å²) in [5.41, 5.74) is 1.42. The van der Waals surface area contributed by atoms with Gasteiger partial charge in [-0.05, 0) is 79.9 Å². The van der Waals surface area contributed by atoms with Crippen molar-refractivity contribution in [1.82, 2.24) is 0 Å². The van der Waals surface area contributed by atoms with Gasteiger partial charge in [-0.15, -0.1) is 0 Å². The summed E-state index contributed by atoms with van der Waals surface area (Å²) >= 11 is 0. The molecule has 0 spiro atoms. The zero-order valence-electron chi connectivity index (χ0n) is 16.7. The normalized spacial score (nSPS) is 29.3. The number of hydrogen-bond acceptors (Lipinski definition) is 2. The first-order valence-electron chi connectivity index (χ1n) is 11.0. The van der Waals surface area contributed by atoms with Crippen LogP contribution in [0.5, 0.6) is 5.75 Å². The molecule has 0 heterocycles. The number of benzene rings is 1. The SMILES string of the molecule is CCC[C@H]1CC[C@H]([C@H]2CC[C@H](c3ccc(OC(=O)CC)cc3)CC2)CC1. The number of carbonyl (C=O) groups is 1. The van der Waals surface area contributed by atoms with Gasteiger partial charge in [0.05, 0.1) is 0 Å². The molecule has 26 heavy (non-hydrogen) atoms. The predicted octanol–water partition coefficient (Wildman–Crippen LogP) is 6.88. The van der Waals surface area contributed by atoms with E-state index in [9.17, 15) is 4.79 Å². The van der Waals surface area contributed by atoms with Gasteiger partial charge < -0.3 is 4.74 Å². The Morgan fingerprint density at radius 1 is 0.885 bits per heavy atom. The Balaban J connectivity index is 1.46. The van der Waals surface area contributed by atoms with Crippen molar-refractivity contribution < 1.29 is 9.53 Å². The van der Waals surface area contributed by atoms with E-state index < -0.39 is 0 Å². The van der Waals surface area contributed by atoms with Crippen molar-refractivity contribution in [3.8, 4) is 5.75 Å². The smallest absolute Gasteiger partial charge is 0.310 e. The van der Waals surface area contributed by atoms with E-state index in [1.807, 2.05) is 19.1 Å². The van der Waals surface area contributed by atoms with Crippen LogP contribution < -0.4 is 4.74 Å². The fourth-order valence-corrected chi connectivity index (χ4v) is 5.29. The van der Waals surface area contributed by atoms with Gasteiger partial charge in [-0.1, -0.05) is 51.7 Å². The molecule has 0 amide bonds. The highest BCUT2D eigenvalue weighted by molar-refractivity contribution is 5.71. The Labute approximate surface area is 159 Å². The zero-order chi connectivity index (χ0) is 18.4. The molecular weight excluding hydrogens is 320 g/mol. The van der Waals surface area contributed by atoms with E-state index in [-0.39, 0.29) is 5.97 Å². The summed E-state index contributed by atoms with van der Waals surface area (Å²) in [7, 11) is 0. The number of ether oxygens (including phenoxy) is 1. The maximum Gasteiger partial charge on any atom is 0.310 e. The lowest BCUT2D eigenvalue weighted by Gasteiger charge is -2.38. The molecule has 0 N–H and O–H groups in total. The van der Waals surface area contributed by atoms with Crippen molar-refractivity contribution in [2.24, 2.45) is 17.8 Å². The van der Waals surface area contributed by atoms with Crippen LogP contribution in [0, 0.1) is 17.8 Å². The predicted molar refractivity (Wildman–Crippen MR) is 107 cm³/mol. The molecule has 2 heteroatoms. The first-order chi connectivity index (χ1) is 12.7. The van der Waals surface area contributed by atoms with E-state index in [0.29, 0.717) is 18.1 Å². The summed E-state index contributed by atoms with van der Waals surface area (Å²) in [6.07, 6.45) is 14.6. The third-order valence-corrected chi connectivity index (χ3v) is 6.90. The van der Waals surface area contributed by atoms with Crippen LogP contribution in [0.25, 0.3) is 0 Å². The van der Waals surface area contributed by atoms with Gasteiger partial charge in [0.1, 0.15) is 5.75 Å². The summed E-state index contributed by atoms with van der Waals surface area (Å²) < 4.78 is 5.29. The highest BCUT2D eigenvalue weighted by Gasteiger charge is 2.31. The quantitative estimate of drug-likeness (QED) is 0.410. The van der Waals surface area contributed by atoms with Gasteiger partial charge in [-0.3, -0.25) is 4.79 Å². The number of carbonyl (C=O) groups excluding carboxylic acids is 1. The minimum absolute atomic E-state index is 0.160. The first-order valence-corrected chi connectivity index (χ1v) is 11.0.